The van der Waals surface area contributed by atoms with Gasteiger partial charge in [0, 0.05) is 16.8 Å². The predicted molar refractivity (Wildman–Crippen MR) is 92.2 cm³/mol. The van der Waals surface area contributed by atoms with Gasteiger partial charge in [-0.3, -0.25) is 0 Å². The fraction of sp³-hybridized carbons (Fsp3) is 0.474. The van der Waals surface area contributed by atoms with E-state index in [2.05, 4.69) is 54.9 Å². The molecule has 0 saturated heterocycles. The Hall–Kier alpha value is -1.12. The van der Waals surface area contributed by atoms with Crippen LogP contribution in [-0.2, 0) is 6.42 Å². The van der Waals surface area contributed by atoms with Crippen LogP contribution in [0.5, 0.6) is 0 Å². The first-order valence-corrected chi connectivity index (χ1v) is 9.04. The number of hydrogen-bond acceptors (Lipinski definition) is 2. The van der Waals surface area contributed by atoms with Crippen molar-refractivity contribution >= 4 is 11.3 Å². The molecular formula is C19H25NS. The van der Waals surface area contributed by atoms with Gasteiger partial charge in [0.15, 0.2) is 0 Å². The first-order valence-electron chi connectivity index (χ1n) is 8.16. The van der Waals surface area contributed by atoms with Gasteiger partial charge in [0.05, 0.1) is 0 Å². The number of rotatable bonds is 5. The molecule has 2 unspecified atom stereocenters. The smallest absolute Gasteiger partial charge is 0.0392 e. The zero-order chi connectivity index (χ0) is 14.7. The minimum atomic E-state index is 0.458. The molecule has 1 aromatic heterocycles. The Balaban J connectivity index is 1.96. The van der Waals surface area contributed by atoms with Gasteiger partial charge in [0.25, 0.3) is 0 Å². The van der Waals surface area contributed by atoms with Crippen molar-refractivity contribution in [3.8, 4) is 0 Å². The van der Waals surface area contributed by atoms with Gasteiger partial charge in [0.2, 0.25) is 0 Å². The Kier molecular flexibility index (Phi) is 4.77. The summed E-state index contributed by atoms with van der Waals surface area (Å²) < 4.78 is 0. The van der Waals surface area contributed by atoms with Gasteiger partial charge >= 0.3 is 0 Å². The summed E-state index contributed by atoms with van der Waals surface area (Å²) in [6, 6.07) is 11.7. The lowest BCUT2D eigenvalue weighted by Gasteiger charge is -2.33. The molecule has 21 heavy (non-hydrogen) atoms. The minimum Gasteiger partial charge on any atom is -0.309 e. The fourth-order valence-electron chi connectivity index (χ4n) is 3.57. The average Bonchev–Trinajstić information content (AvgIpc) is 2.98. The van der Waals surface area contributed by atoms with Gasteiger partial charge in [-0.15, -0.1) is 11.3 Å². The Labute approximate surface area is 132 Å². The molecule has 0 bridgehead atoms. The molecule has 1 nitrogen and oxygen atoms in total. The maximum atomic E-state index is 3.83. The molecule has 1 aliphatic rings. The molecule has 0 saturated carbocycles. The normalized spacial score (nSPS) is 19.2. The first kappa shape index (κ1) is 14.8. The van der Waals surface area contributed by atoms with E-state index in [1.807, 2.05) is 11.3 Å². The third-order valence-electron chi connectivity index (χ3n) is 4.64. The summed E-state index contributed by atoms with van der Waals surface area (Å²) >= 11 is 1.94. The van der Waals surface area contributed by atoms with Crippen LogP contribution in [0.15, 0.2) is 35.7 Å². The molecule has 1 aromatic carbocycles. The lowest BCUT2D eigenvalue weighted by Crippen LogP contribution is -2.30. The third-order valence-corrected chi connectivity index (χ3v) is 5.63. The summed E-state index contributed by atoms with van der Waals surface area (Å²) in [6.07, 6.45) is 5.09. The van der Waals surface area contributed by atoms with Crippen molar-refractivity contribution in [1.29, 1.82) is 0 Å². The van der Waals surface area contributed by atoms with E-state index in [9.17, 15) is 0 Å². The standard InChI is InChI=1S/C19H25NS/c1-3-12-20-19(15-8-5-4-7-14(15)2)17-9-6-10-18-16(17)11-13-21-18/h4-5,7-8,11,13,17,19-20H,3,6,9-10,12H2,1-2H3. The van der Waals surface area contributed by atoms with E-state index in [1.165, 1.54) is 36.8 Å². The average molecular weight is 299 g/mol. The van der Waals surface area contributed by atoms with Crippen molar-refractivity contribution in [2.24, 2.45) is 0 Å². The van der Waals surface area contributed by atoms with E-state index in [0.717, 1.165) is 6.54 Å². The summed E-state index contributed by atoms with van der Waals surface area (Å²) in [5.74, 6) is 0.632. The molecule has 2 atom stereocenters. The van der Waals surface area contributed by atoms with Crippen LogP contribution in [0.2, 0.25) is 0 Å². The summed E-state index contributed by atoms with van der Waals surface area (Å²) in [4.78, 5) is 1.61. The second-order valence-corrected chi connectivity index (χ2v) is 7.09. The van der Waals surface area contributed by atoms with Gasteiger partial charge in [-0.1, -0.05) is 31.2 Å². The van der Waals surface area contributed by atoms with Crippen molar-refractivity contribution in [2.75, 3.05) is 6.54 Å². The van der Waals surface area contributed by atoms with Gasteiger partial charge in [0.1, 0.15) is 0 Å². The number of hydrogen-bond donors (Lipinski definition) is 1. The molecule has 112 valence electrons. The van der Waals surface area contributed by atoms with E-state index in [0.29, 0.717) is 12.0 Å². The van der Waals surface area contributed by atoms with E-state index < -0.39 is 0 Å². The second kappa shape index (κ2) is 6.76. The van der Waals surface area contributed by atoms with Crippen LogP contribution in [0.1, 0.15) is 59.7 Å². The molecule has 0 fully saturated rings. The van der Waals surface area contributed by atoms with E-state index in [1.54, 1.807) is 10.4 Å². The molecule has 1 N–H and O–H groups in total. The van der Waals surface area contributed by atoms with E-state index >= 15 is 0 Å². The zero-order valence-corrected chi connectivity index (χ0v) is 13.9. The number of fused-ring (bicyclic) bond motifs is 1. The summed E-state index contributed by atoms with van der Waals surface area (Å²) in [6.45, 7) is 5.58. The van der Waals surface area contributed by atoms with Crippen LogP contribution in [0, 0.1) is 6.92 Å². The van der Waals surface area contributed by atoms with Crippen molar-refractivity contribution in [3.05, 3.63) is 57.3 Å². The minimum absolute atomic E-state index is 0.458. The van der Waals surface area contributed by atoms with Crippen LogP contribution in [-0.4, -0.2) is 6.54 Å². The number of aryl methyl sites for hydroxylation is 2. The van der Waals surface area contributed by atoms with Gasteiger partial charge < -0.3 is 5.32 Å². The highest BCUT2D eigenvalue weighted by atomic mass is 32.1. The topological polar surface area (TPSA) is 12.0 Å². The van der Waals surface area contributed by atoms with Crippen LogP contribution in [0.4, 0.5) is 0 Å². The molecule has 0 radical (unpaired) electrons. The number of thiophene rings is 1. The van der Waals surface area contributed by atoms with Crippen molar-refractivity contribution < 1.29 is 0 Å². The Morgan fingerprint density at radius 2 is 2.14 bits per heavy atom. The summed E-state index contributed by atoms with van der Waals surface area (Å²) in [7, 11) is 0. The molecular weight excluding hydrogens is 274 g/mol. The second-order valence-electron chi connectivity index (χ2n) is 6.09. The molecule has 2 heteroatoms. The Morgan fingerprint density at radius 1 is 1.29 bits per heavy atom. The number of benzene rings is 1. The van der Waals surface area contributed by atoms with Crippen LogP contribution < -0.4 is 5.32 Å². The third kappa shape index (κ3) is 3.07. The Morgan fingerprint density at radius 3 is 2.95 bits per heavy atom. The van der Waals surface area contributed by atoms with Crippen LogP contribution in [0.25, 0.3) is 0 Å². The Bertz CT molecular complexity index is 587. The highest BCUT2D eigenvalue weighted by Crippen LogP contribution is 2.42. The first-order chi connectivity index (χ1) is 10.3. The summed E-state index contributed by atoms with van der Waals surface area (Å²) in [5, 5.41) is 6.11. The largest absolute Gasteiger partial charge is 0.309 e. The van der Waals surface area contributed by atoms with Crippen LogP contribution >= 0.6 is 11.3 Å². The molecule has 2 aromatic rings. The summed E-state index contributed by atoms with van der Waals surface area (Å²) in [5.41, 5.74) is 4.49. The molecule has 0 aliphatic heterocycles. The SMILES string of the molecule is CCCNC(c1ccccc1C)C1CCCc2sccc21. The van der Waals surface area contributed by atoms with Gasteiger partial charge in [-0.2, -0.15) is 0 Å². The van der Waals surface area contributed by atoms with E-state index in [-0.39, 0.29) is 0 Å². The lowest BCUT2D eigenvalue weighted by atomic mass is 9.79. The molecule has 0 amide bonds. The van der Waals surface area contributed by atoms with Crippen LogP contribution in [0.3, 0.4) is 0 Å². The maximum absolute atomic E-state index is 3.83. The monoisotopic (exact) mass is 299 g/mol. The predicted octanol–water partition coefficient (Wildman–Crippen LogP) is 5.22. The van der Waals surface area contributed by atoms with Crippen molar-refractivity contribution in [3.63, 3.8) is 0 Å². The maximum Gasteiger partial charge on any atom is 0.0392 e. The highest BCUT2D eigenvalue weighted by Gasteiger charge is 2.29. The fourth-order valence-corrected chi connectivity index (χ4v) is 4.57. The lowest BCUT2D eigenvalue weighted by molar-refractivity contribution is 0.403. The van der Waals surface area contributed by atoms with E-state index in [4.69, 9.17) is 0 Å². The van der Waals surface area contributed by atoms with Crippen molar-refractivity contribution in [1.82, 2.24) is 5.32 Å². The highest BCUT2D eigenvalue weighted by molar-refractivity contribution is 7.10. The molecule has 1 aliphatic carbocycles. The quantitative estimate of drug-likeness (QED) is 0.798. The van der Waals surface area contributed by atoms with Gasteiger partial charge in [-0.05, 0) is 67.3 Å². The zero-order valence-electron chi connectivity index (χ0n) is 13.1. The van der Waals surface area contributed by atoms with Crippen molar-refractivity contribution in [2.45, 2.75) is 51.5 Å². The van der Waals surface area contributed by atoms with Gasteiger partial charge in [-0.25, -0.2) is 0 Å². The molecule has 3 rings (SSSR count). The molecule has 1 heterocycles. The molecule has 0 spiro atoms. The number of nitrogens with one attached hydrogen (secondary N) is 1.